The number of aliphatic hydroxyl groups excluding tert-OH is 1. The highest BCUT2D eigenvalue weighted by molar-refractivity contribution is 9.09. The van der Waals surface area contributed by atoms with Gasteiger partial charge in [0, 0.05) is 10.7 Å². The summed E-state index contributed by atoms with van der Waals surface area (Å²) < 4.78 is 5.25. The zero-order valence-electron chi connectivity index (χ0n) is 7.66. The standard InChI is InChI=1S/C9H13BrO3/c1-9(2)6-4(8(12)13-9)3-5(11)7(6)10/h4-7,11H,3H2,1-2H3/t4-,5+,6-,7-/m0/s1. The number of aliphatic hydroxyl groups is 1. The lowest BCUT2D eigenvalue weighted by Crippen LogP contribution is -2.35. The number of fused-ring (bicyclic) bond motifs is 1. The van der Waals surface area contributed by atoms with E-state index in [4.69, 9.17) is 4.74 Å². The molecule has 0 aromatic heterocycles. The SMILES string of the molecule is CC1(C)OC(=O)[C@H]2C[C@@H](O)[C@H](Br)[C@H]21. The van der Waals surface area contributed by atoms with E-state index in [9.17, 15) is 9.90 Å². The number of hydrogen-bond donors (Lipinski definition) is 1. The summed E-state index contributed by atoms with van der Waals surface area (Å²) in [5.74, 6) is -0.166. The number of cyclic esters (lactones) is 1. The number of alkyl halides is 1. The monoisotopic (exact) mass is 248 g/mol. The molecule has 13 heavy (non-hydrogen) atoms. The van der Waals surface area contributed by atoms with E-state index in [-0.39, 0.29) is 22.6 Å². The van der Waals surface area contributed by atoms with E-state index in [1.54, 1.807) is 0 Å². The van der Waals surface area contributed by atoms with E-state index in [2.05, 4.69) is 15.9 Å². The van der Waals surface area contributed by atoms with Gasteiger partial charge in [-0.25, -0.2) is 0 Å². The Kier molecular flexibility index (Phi) is 1.97. The molecule has 1 N–H and O–H groups in total. The Morgan fingerprint density at radius 1 is 1.62 bits per heavy atom. The third-order valence-corrected chi connectivity index (χ3v) is 4.29. The molecule has 4 atom stereocenters. The lowest BCUT2D eigenvalue weighted by molar-refractivity contribution is -0.149. The van der Waals surface area contributed by atoms with Crippen LogP contribution in [0.1, 0.15) is 20.3 Å². The molecule has 2 aliphatic rings. The lowest BCUT2D eigenvalue weighted by atomic mass is 9.86. The number of rotatable bonds is 0. The summed E-state index contributed by atoms with van der Waals surface area (Å²) in [5, 5.41) is 9.60. The van der Waals surface area contributed by atoms with Gasteiger partial charge in [0.15, 0.2) is 0 Å². The van der Waals surface area contributed by atoms with Gasteiger partial charge >= 0.3 is 5.97 Å². The second-order valence-corrected chi connectivity index (χ2v) is 5.46. The van der Waals surface area contributed by atoms with E-state index >= 15 is 0 Å². The Morgan fingerprint density at radius 2 is 2.23 bits per heavy atom. The summed E-state index contributed by atoms with van der Waals surface area (Å²) in [6, 6.07) is 0. The molecule has 1 saturated carbocycles. The summed E-state index contributed by atoms with van der Waals surface area (Å²) in [6.07, 6.45) is 0.116. The van der Waals surface area contributed by atoms with E-state index in [1.165, 1.54) is 0 Å². The van der Waals surface area contributed by atoms with E-state index in [0.717, 1.165) is 0 Å². The molecule has 0 unspecified atom stereocenters. The van der Waals surface area contributed by atoms with Crippen molar-refractivity contribution in [3.05, 3.63) is 0 Å². The van der Waals surface area contributed by atoms with E-state index < -0.39 is 11.7 Å². The highest BCUT2D eigenvalue weighted by Crippen LogP contribution is 2.49. The molecule has 74 valence electrons. The van der Waals surface area contributed by atoms with Gasteiger partial charge < -0.3 is 9.84 Å². The van der Waals surface area contributed by atoms with Gasteiger partial charge in [0.05, 0.1) is 12.0 Å². The van der Waals surface area contributed by atoms with Crippen molar-refractivity contribution in [3.63, 3.8) is 0 Å². The summed E-state index contributed by atoms with van der Waals surface area (Å²) >= 11 is 3.43. The zero-order valence-corrected chi connectivity index (χ0v) is 9.24. The summed E-state index contributed by atoms with van der Waals surface area (Å²) in [6.45, 7) is 3.81. The number of ether oxygens (including phenoxy) is 1. The summed E-state index contributed by atoms with van der Waals surface area (Å²) in [5.41, 5.74) is -0.437. The van der Waals surface area contributed by atoms with Crippen molar-refractivity contribution in [2.75, 3.05) is 0 Å². The van der Waals surface area contributed by atoms with E-state index in [1.807, 2.05) is 13.8 Å². The number of carbonyl (C=O) groups excluding carboxylic acids is 1. The van der Waals surface area contributed by atoms with Crippen LogP contribution >= 0.6 is 15.9 Å². The van der Waals surface area contributed by atoms with Gasteiger partial charge in [0.2, 0.25) is 0 Å². The fraction of sp³-hybridized carbons (Fsp3) is 0.889. The van der Waals surface area contributed by atoms with Gasteiger partial charge in [-0.05, 0) is 20.3 Å². The average molecular weight is 249 g/mol. The van der Waals surface area contributed by atoms with Crippen LogP contribution in [0.5, 0.6) is 0 Å². The molecule has 1 aliphatic carbocycles. The topological polar surface area (TPSA) is 46.5 Å². The van der Waals surface area contributed by atoms with Crippen molar-refractivity contribution in [3.8, 4) is 0 Å². The smallest absolute Gasteiger partial charge is 0.310 e. The Bertz CT molecular complexity index is 251. The predicted octanol–water partition coefficient (Wildman–Crippen LogP) is 1.08. The van der Waals surface area contributed by atoms with E-state index in [0.29, 0.717) is 6.42 Å². The van der Waals surface area contributed by atoms with Crippen LogP contribution in [-0.4, -0.2) is 27.6 Å². The van der Waals surface area contributed by atoms with Crippen molar-refractivity contribution in [1.29, 1.82) is 0 Å². The van der Waals surface area contributed by atoms with Crippen molar-refractivity contribution in [2.24, 2.45) is 11.8 Å². The molecule has 0 bridgehead atoms. The average Bonchev–Trinajstić information content (AvgIpc) is 2.37. The number of halogens is 1. The first-order chi connectivity index (χ1) is 5.93. The highest BCUT2D eigenvalue weighted by atomic mass is 79.9. The van der Waals surface area contributed by atoms with Gasteiger partial charge in [-0.1, -0.05) is 15.9 Å². The molecular formula is C9H13BrO3. The van der Waals surface area contributed by atoms with Gasteiger partial charge in [-0.15, -0.1) is 0 Å². The molecule has 2 rings (SSSR count). The molecule has 0 amide bonds. The number of hydrogen-bond acceptors (Lipinski definition) is 3. The first-order valence-electron chi connectivity index (χ1n) is 4.48. The molecule has 0 radical (unpaired) electrons. The second kappa shape index (κ2) is 2.70. The molecule has 0 aromatic carbocycles. The fourth-order valence-electron chi connectivity index (χ4n) is 2.51. The normalized spacial score (nSPS) is 47.5. The van der Waals surface area contributed by atoms with Crippen LogP contribution in [0.4, 0.5) is 0 Å². The number of esters is 1. The molecule has 0 aromatic rings. The van der Waals surface area contributed by atoms with Crippen LogP contribution in [0.3, 0.4) is 0 Å². The van der Waals surface area contributed by atoms with Crippen molar-refractivity contribution in [1.82, 2.24) is 0 Å². The Labute approximate surface area is 85.6 Å². The second-order valence-electron chi connectivity index (χ2n) is 4.40. The molecule has 4 heteroatoms. The Hall–Kier alpha value is -0.0900. The Morgan fingerprint density at radius 3 is 2.77 bits per heavy atom. The zero-order chi connectivity index (χ0) is 9.80. The summed E-state index contributed by atoms with van der Waals surface area (Å²) in [7, 11) is 0. The van der Waals surface area contributed by atoms with Crippen LogP contribution in [0.15, 0.2) is 0 Å². The molecule has 1 heterocycles. The van der Waals surface area contributed by atoms with Crippen LogP contribution in [0.2, 0.25) is 0 Å². The first-order valence-corrected chi connectivity index (χ1v) is 5.40. The lowest BCUT2D eigenvalue weighted by Gasteiger charge is -2.27. The maximum Gasteiger partial charge on any atom is 0.310 e. The quantitative estimate of drug-likeness (QED) is 0.516. The highest BCUT2D eigenvalue weighted by Gasteiger charge is 2.58. The number of carbonyl (C=O) groups is 1. The van der Waals surface area contributed by atoms with Gasteiger partial charge in [0.25, 0.3) is 0 Å². The van der Waals surface area contributed by atoms with Crippen molar-refractivity contribution >= 4 is 21.9 Å². The van der Waals surface area contributed by atoms with Crippen molar-refractivity contribution in [2.45, 2.75) is 36.8 Å². The third kappa shape index (κ3) is 1.22. The summed E-state index contributed by atoms with van der Waals surface area (Å²) in [4.78, 5) is 11.4. The van der Waals surface area contributed by atoms with Crippen LogP contribution in [-0.2, 0) is 9.53 Å². The molecule has 0 spiro atoms. The first kappa shape index (κ1) is 9.46. The van der Waals surface area contributed by atoms with Gasteiger partial charge in [-0.2, -0.15) is 0 Å². The molecule has 3 nitrogen and oxygen atoms in total. The maximum absolute atomic E-state index is 11.4. The molecule has 1 saturated heterocycles. The third-order valence-electron chi connectivity index (χ3n) is 3.11. The maximum atomic E-state index is 11.4. The molecular weight excluding hydrogens is 236 g/mol. The largest absolute Gasteiger partial charge is 0.459 e. The van der Waals surface area contributed by atoms with Crippen molar-refractivity contribution < 1.29 is 14.6 Å². The van der Waals surface area contributed by atoms with Crippen LogP contribution in [0.25, 0.3) is 0 Å². The van der Waals surface area contributed by atoms with Crippen LogP contribution < -0.4 is 0 Å². The van der Waals surface area contributed by atoms with Gasteiger partial charge in [0.1, 0.15) is 5.60 Å². The van der Waals surface area contributed by atoms with Gasteiger partial charge in [-0.3, -0.25) is 4.79 Å². The minimum atomic E-state index is -0.437. The molecule has 1 aliphatic heterocycles. The van der Waals surface area contributed by atoms with Crippen LogP contribution in [0, 0.1) is 11.8 Å². The predicted molar refractivity (Wildman–Crippen MR) is 50.5 cm³/mol. The minimum Gasteiger partial charge on any atom is -0.459 e. The Balaban J connectivity index is 2.32. The fourth-order valence-corrected chi connectivity index (χ4v) is 3.73. The minimum absolute atomic E-state index is 0.0149. The molecule has 2 fully saturated rings.